The lowest BCUT2D eigenvalue weighted by molar-refractivity contribution is -0.125. The summed E-state index contributed by atoms with van der Waals surface area (Å²) in [6.07, 6.45) is 5.28. The normalized spacial score (nSPS) is 24.4. The Bertz CT molecular complexity index is 578. The fraction of sp³-hybridized carbons (Fsp3) is 0.632. The SMILES string of the molecule is CN(CC(=O)N[C@@H]1COCC[C@@H]1Oc1cccc(F)c1)C1CCCC1. The third-order valence-corrected chi connectivity index (χ3v) is 5.06. The molecule has 25 heavy (non-hydrogen) atoms. The van der Waals surface area contributed by atoms with Gasteiger partial charge in [-0.25, -0.2) is 4.39 Å². The van der Waals surface area contributed by atoms with Gasteiger partial charge >= 0.3 is 0 Å². The molecule has 1 saturated carbocycles. The molecule has 2 atom stereocenters. The van der Waals surface area contributed by atoms with E-state index in [0.717, 1.165) is 0 Å². The first-order valence-electron chi connectivity index (χ1n) is 9.11. The number of hydrogen-bond donors (Lipinski definition) is 1. The van der Waals surface area contributed by atoms with Crippen LogP contribution in [0.5, 0.6) is 5.75 Å². The molecule has 0 unspecified atom stereocenters. The minimum absolute atomic E-state index is 0.0160. The maximum absolute atomic E-state index is 13.3. The maximum Gasteiger partial charge on any atom is 0.234 e. The Balaban J connectivity index is 1.54. The molecule has 1 heterocycles. The molecule has 0 bridgehead atoms. The van der Waals surface area contributed by atoms with Crippen molar-refractivity contribution in [1.29, 1.82) is 0 Å². The fourth-order valence-corrected chi connectivity index (χ4v) is 3.66. The molecule has 6 heteroatoms. The molecule has 1 N–H and O–H groups in total. The molecule has 1 aliphatic heterocycles. The quantitative estimate of drug-likeness (QED) is 0.856. The lowest BCUT2D eigenvalue weighted by Crippen LogP contribution is -2.54. The van der Waals surface area contributed by atoms with Gasteiger partial charge in [0, 0.05) is 18.5 Å². The summed E-state index contributed by atoms with van der Waals surface area (Å²) in [5.74, 6) is 0.135. The van der Waals surface area contributed by atoms with Crippen LogP contribution in [0.4, 0.5) is 4.39 Å². The van der Waals surface area contributed by atoms with Crippen LogP contribution >= 0.6 is 0 Å². The second-order valence-corrected chi connectivity index (χ2v) is 7.00. The summed E-state index contributed by atoms with van der Waals surface area (Å²) in [5, 5.41) is 3.03. The molecule has 2 aliphatic rings. The largest absolute Gasteiger partial charge is 0.488 e. The van der Waals surface area contributed by atoms with E-state index in [9.17, 15) is 9.18 Å². The Morgan fingerprint density at radius 3 is 2.92 bits per heavy atom. The van der Waals surface area contributed by atoms with E-state index in [4.69, 9.17) is 9.47 Å². The summed E-state index contributed by atoms with van der Waals surface area (Å²) in [6, 6.07) is 6.38. The monoisotopic (exact) mass is 350 g/mol. The van der Waals surface area contributed by atoms with Gasteiger partial charge in [-0.15, -0.1) is 0 Å². The molecule has 0 radical (unpaired) electrons. The van der Waals surface area contributed by atoms with E-state index in [-0.39, 0.29) is 23.9 Å². The molecule has 2 fully saturated rings. The Morgan fingerprint density at radius 2 is 2.16 bits per heavy atom. The Morgan fingerprint density at radius 1 is 1.36 bits per heavy atom. The minimum Gasteiger partial charge on any atom is -0.488 e. The first-order valence-corrected chi connectivity index (χ1v) is 9.11. The van der Waals surface area contributed by atoms with Crippen LogP contribution in [0.25, 0.3) is 0 Å². The Hall–Kier alpha value is -1.66. The van der Waals surface area contributed by atoms with E-state index in [1.807, 2.05) is 7.05 Å². The van der Waals surface area contributed by atoms with E-state index in [1.54, 1.807) is 12.1 Å². The zero-order chi connectivity index (χ0) is 17.6. The van der Waals surface area contributed by atoms with Crippen molar-refractivity contribution in [1.82, 2.24) is 10.2 Å². The summed E-state index contributed by atoms with van der Waals surface area (Å²) >= 11 is 0. The van der Waals surface area contributed by atoms with Crippen molar-refractivity contribution in [2.24, 2.45) is 0 Å². The predicted molar refractivity (Wildman–Crippen MR) is 93.1 cm³/mol. The van der Waals surface area contributed by atoms with Gasteiger partial charge in [-0.3, -0.25) is 9.69 Å². The van der Waals surface area contributed by atoms with Gasteiger partial charge in [0.1, 0.15) is 17.7 Å². The van der Waals surface area contributed by atoms with Crippen LogP contribution in [0, 0.1) is 5.82 Å². The third kappa shape index (κ3) is 5.16. The number of rotatable bonds is 6. The van der Waals surface area contributed by atoms with E-state index < -0.39 is 0 Å². The molecular weight excluding hydrogens is 323 g/mol. The number of amides is 1. The van der Waals surface area contributed by atoms with Crippen LogP contribution in [0.2, 0.25) is 0 Å². The van der Waals surface area contributed by atoms with Gasteiger partial charge in [-0.2, -0.15) is 0 Å². The van der Waals surface area contributed by atoms with Gasteiger partial charge in [0.15, 0.2) is 0 Å². The minimum atomic E-state index is -0.330. The fourth-order valence-electron chi connectivity index (χ4n) is 3.66. The van der Waals surface area contributed by atoms with Crippen molar-refractivity contribution in [3.63, 3.8) is 0 Å². The lowest BCUT2D eigenvalue weighted by atomic mass is 10.1. The van der Waals surface area contributed by atoms with Gasteiger partial charge in [-0.1, -0.05) is 18.9 Å². The smallest absolute Gasteiger partial charge is 0.234 e. The second kappa shape index (κ2) is 8.63. The summed E-state index contributed by atoms with van der Waals surface area (Å²) < 4.78 is 24.7. The van der Waals surface area contributed by atoms with Gasteiger partial charge < -0.3 is 14.8 Å². The van der Waals surface area contributed by atoms with Crippen molar-refractivity contribution >= 4 is 5.91 Å². The van der Waals surface area contributed by atoms with Crippen LogP contribution in [-0.2, 0) is 9.53 Å². The van der Waals surface area contributed by atoms with Crippen molar-refractivity contribution in [2.45, 2.75) is 50.3 Å². The molecule has 0 spiro atoms. The average molecular weight is 350 g/mol. The van der Waals surface area contributed by atoms with Crippen LogP contribution in [0.3, 0.4) is 0 Å². The number of nitrogens with one attached hydrogen (secondary N) is 1. The van der Waals surface area contributed by atoms with Gasteiger partial charge in [-0.05, 0) is 32.0 Å². The molecular formula is C19H27FN2O3. The number of nitrogens with zero attached hydrogens (tertiary/aromatic N) is 1. The lowest BCUT2D eigenvalue weighted by Gasteiger charge is -2.33. The van der Waals surface area contributed by atoms with Crippen LogP contribution in [-0.4, -0.2) is 55.8 Å². The number of ether oxygens (including phenoxy) is 2. The summed E-state index contributed by atoms with van der Waals surface area (Å²) in [7, 11) is 2.01. The summed E-state index contributed by atoms with van der Waals surface area (Å²) in [6.45, 7) is 1.38. The van der Waals surface area contributed by atoms with E-state index >= 15 is 0 Å². The Labute approximate surface area is 148 Å². The highest BCUT2D eigenvalue weighted by Crippen LogP contribution is 2.22. The van der Waals surface area contributed by atoms with E-state index in [1.165, 1.54) is 37.8 Å². The van der Waals surface area contributed by atoms with Crippen LogP contribution < -0.4 is 10.1 Å². The highest BCUT2D eigenvalue weighted by Gasteiger charge is 2.30. The Kier molecular flexibility index (Phi) is 6.26. The van der Waals surface area contributed by atoms with Crippen molar-refractivity contribution in [3.05, 3.63) is 30.1 Å². The number of carbonyl (C=O) groups is 1. The zero-order valence-corrected chi connectivity index (χ0v) is 14.7. The molecule has 5 nitrogen and oxygen atoms in total. The molecule has 1 amide bonds. The zero-order valence-electron chi connectivity index (χ0n) is 14.7. The van der Waals surface area contributed by atoms with Crippen molar-refractivity contribution in [3.8, 4) is 5.75 Å². The van der Waals surface area contributed by atoms with Crippen molar-refractivity contribution in [2.75, 3.05) is 26.8 Å². The summed E-state index contributed by atoms with van der Waals surface area (Å²) in [5.41, 5.74) is 0. The first kappa shape index (κ1) is 18.1. The van der Waals surface area contributed by atoms with E-state index in [2.05, 4.69) is 10.2 Å². The topological polar surface area (TPSA) is 50.8 Å². The highest BCUT2D eigenvalue weighted by molar-refractivity contribution is 5.78. The molecule has 1 aromatic rings. The first-order chi connectivity index (χ1) is 12.1. The number of carbonyl (C=O) groups excluding carboxylic acids is 1. The predicted octanol–water partition coefficient (Wildman–Crippen LogP) is 2.35. The van der Waals surface area contributed by atoms with Crippen LogP contribution in [0.1, 0.15) is 32.1 Å². The van der Waals surface area contributed by atoms with Crippen molar-refractivity contribution < 1.29 is 18.7 Å². The number of hydrogen-bond acceptors (Lipinski definition) is 4. The molecule has 0 aromatic heterocycles. The number of likely N-dealkylation sites (N-methyl/N-ethyl adjacent to an activating group) is 1. The molecule has 138 valence electrons. The van der Waals surface area contributed by atoms with Crippen LogP contribution in [0.15, 0.2) is 24.3 Å². The van der Waals surface area contributed by atoms with Gasteiger partial charge in [0.25, 0.3) is 0 Å². The molecule has 3 rings (SSSR count). The van der Waals surface area contributed by atoms with Gasteiger partial charge in [0.05, 0.1) is 25.8 Å². The number of benzene rings is 1. The van der Waals surface area contributed by atoms with Gasteiger partial charge in [0.2, 0.25) is 5.91 Å². The molecule has 1 aromatic carbocycles. The molecule has 1 aliphatic carbocycles. The van der Waals surface area contributed by atoms with E-state index in [0.29, 0.717) is 38.0 Å². The molecule has 1 saturated heterocycles. The maximum atomic E-state index is 13.3. The third-order valence-electron chi connectivity index (χ3n) is 5.06. The summed E-state index contributed by atoms with van der Waals surface area (Å²) in [4.78, 5) is 14.5. The second-order valence-electron chi connectivity index (χ2n) is 7.00. The highest BCUT2D eigenvalue weighted by atomic mass is 19.1. The number of halogens is 1. The average Bonchev–Trinajstić information content (AvgIpc) is 3.11. The standard InChI is InChI=1S/C19H27FN2O3/c1-22(15-6-2-3-7-15)12-19(23)21-17-13-24-10-9-18(17)25-16-8-4-5-14(20)11-16/h4-5,8,11,15,17-18H,2-3,6-7,9-10,12-13H2,1H3,(H,21,23)/t17-,18+/m1/s1.